The molecule has 0 atom stereocenters. The maximum atomic E-state index is 6.61. The van der Waals surface area contributed by atoms with Gasteiger partial charge in [-0.25, -0.2) is 9.97 Å². The van der Waals surface area contributed by atoms with Gasteiger partial charge in [-0.15, -0.1) is 56.7 Å². The second-order valence-corrected chi connectivity index (χ2v) is 28.8. The van der Waals surface area contributed by atoms with Crippen LogP contribution in [0.5, 0.6) is 34.8 Å². The van der Waals surface area contributed by atoms with Gasteiger partial charge in [-0.05, 0) is 187 Å². The molecule has 0 radical (unpaired) electrons. The van der Waals surface area contributed by atoms with Crippen LogP contribution in [-0.4, -0.2) is 50.6 Å². The summed E-state index contributed by atoms with van der Waals surface area (Å²) in [6.07, 6.45) is 23.6. The number of hydrogen-bond donors (Lipinski definition) is 0. The van der Waals surface area contributed by atoms with Crippen molar-refractivity contribution in [2.45, 2.75) is 197 Å². The topological polar surface area (TPSA) is 81.2 Å². The minimum Gasteiger partial charge on any atom is -0.496 e. The van der Waals surface area contributed by atoms with Gasteiger partial charge in [-0.2, -0.15) is 0 Å². The lowest BCUT2D eigenvalue weighted by atomic mass is 9.92. The third-order valence-electron chi connectivity index (χ3n) is 16.5. The van der Waals surface area contributed by atoms with Gasteiger partial charge in [0.2, 0.25) is 11.8 Å². The lowest BCUT2D eigenvalue weighted by Crippen LogP contribution is -2.06. The van der Waals surface area contributed by atoms with E-state index in [0.29, 0.717) is 11.8 Å². The standard InChI is InChI=1S/C76H94N2O6S5/c1-15-21-29-51-52(30-22-16-2)70(72-54(32-24-18-4)56(34-26-20-6)74(89-72)76-58(50-40-42-66(82-14)78-46-50)44-64(86-76)68-60(80-12)36-28-38-62(68)84-48(9)10)87-69(51)71-53(31-23-17-3)55(33-25-19-5)73(88-71)75-57(49-39-41-65(81-13)77-45-49)43-63(85-75)67-59(79-11)35-27-37-61(67)83-47(7)8/h27-28,35-48H,15-26,29-34H2,1-14H3. The molecule has 0 unspecified atom stereocenters. The summed E-state index contributed by atoms with van der Waals surface area (Å²) in [5.74, 6) is 4.44. The minimum atomic E-state index is -0.0147. The number of aromatic nitrogens is 2. The van der Waals surface area contributed by atoms with Gasteiger partial charge >= 0.3 is 0 Å². The lowest BCUT2D eigenvalue weighted by Gasteiger charge is -2.16. The fraction of sp³-hybridized carbons (Fsp3) is 0.447. The molecule has 8 nitrogen and oxygen atoms in total. The molecule has 0 aliphatic rings. The van der Waals surface area contributed by atoms with Crippen molar-refractivity contribution in [2.75, 3.05) is 28.4 Å². The number of methoxy groups -OCH3 is 4. The molecule has 89 heavy (non-hydrogen) atoms. The lowest BCUT2D eigenvalue weighted by molar-refractivity contribution is 0.242. The van der Waals surface area contributed by atoms with E-state index in [1.54, 1.807) is 50.7 Å². The van der Waals surface area contributed by atoms with Crippen LogP contribution in [0.2, 0.25) is 0 Å². The zero-order chi connectivity index (χ0) is 63.1. The first-order valence-electron chi connectivity index (χ1n) is 32.8. The first kappa shape index (κ1) is 67.4. The van der Waals surface area contributed by atoms with E-state index in [-0.39, 0.29) is 12.2 Å². The monoisotopic (exact) mass is 1290 g/mol. The third-order valence-corrected chi connectivity index (χ3v) is 23.3. The second-order valence-electron chi connectivity index (χ2n) is 23.7. The van der Waals surface area contributed by atoms with Gasteiger partial charge in [0, 0.05) is 85.8 Å². The molecule has 7 heterocycles. The minimum absolute atomic E-state index is 0.0147. The number of ether oxygens (including phenoxy) is 6. The molecule has 0 N–H and O–H groups in total. The highest BCUT2D eigenvalue weighted by Crippen LogP contribution is 2.59. The summed E-state index contributed by atoms with van der Waals surface area (Å²) in [4.78, 5) is 23.1. The van der Waals surface area contributed by atoms with Crippen molar-refractivity contribution in [3.8, 4) is 117 Å². The number of thiophene rings is 5. The first-order valence-corrected chi connectivity index (χ1v) is 36.9. The molecule has 0 aliphatic carbocycles. The smallest absolute Gasteiger partial charge is 0.212 e. The molecule has 0 saturated heterocycles. The summed E-state index contributed by atoms with van der Waals surface area (Å²) in [7, 11) is 6.91. The van der Waals surface area contributed by atoms with Gasteiger partial charge < -0.3 is 28.4 Å². The molecule has 0 aliphatic heterocycles. The fourth-order valence-electron chi connectivity index (χ4n) is 12.0. The zero-order valence-corrected chi connectivity index (χ0v) is 59.4. The van der Waals surface area contributed by atoms with E-state index in [9.17, 15) is 0 Å². The molecule has 0 saturated carbocycles. The first-order chi connectivity index (χ1) is 43.4. The van der Waals surface area contributed by atoms with Crippen molar-refractivity contribution < 1.29 is 28.4 Å². The Bertz CT molecular complexity index is 3490. The van der Waals surface area contributed by atoms with Crippen molar-refractivity contribution in [3.63, 3.8) is 0 Å². The van der Waals surface area contributed by atoms with Crippen molar-refractivity contribution in [1.29, 1.82) is 0 Å². The summed E-state index contributed by atoms with van der Waals surface area (Å²) >= 11 is 9.97. The summed E-state index contributed by atoms with van der Waals surface area (Å²) in [6.45, 7) is 22.5. The van der Waals surface area contributed by atoms with Crippen molar-refractivity contribution >= 4 is 56.7 Å². The van der Waals surface area contributed by atoms with E-state index in [4.69, 9.17) is 38.4 Å². The van der Waals surface area contributed by atoms with Crippen molar-refractivity contribution in [3.05, 3.63) is 119 Å². The van der Waals surface area contributed by atoms with E-state index in [1.165, 1.54) is 50.1 Å². The number of rotatable bonds is 34. The molecule has 7 aromatic heterocycles. The van der Waals surface area contributed by atoms with E-state index >= 15 is 0 Å². The van der Waals surface area contributed by atoms with Gasteiger partial charge in [-0.3, -0.25) is 0 Å². The summed E-state index contributed by atoms with van der Waals surface area (Å²) in [5.41, 5.74) is 15.7. The van der Waals surface area contributed by atoms with Gasteiger partial charge in [-0.1, -0.05) is 92.2 Å². The summed E-state index contributed by atoms with van der Waals surface area (Å²) in [6, 6.07) is 25.4. The van der Waals surface area contributed by atoms with E-state index in [0.717, 1.165) is 182 Å². The van der Waals surface area contributed by atoms with Crippen LogP contribution in [0, 0.1) is 0 Å². The third kappa shape index (κ3) is 15.2. The van der Waals surface area contributed by atoms with E-state index in [2.05, 4.69) is 152 Å². The van der Waals surface area contributed by atoms with Crippen molar-refractivity contribution in [1.82, 2.24) is 9.97 Å². The van der Waals surface area contributed by atoms with E-state index < -0.39 is 0 Å². The average molecular weight is 1290 g/mol. The second kappa shape index (κ2) is 32.4. The molecular weight excluding hydrogens is 1200 g/mol. The molecule has 0 amide bonds. The SMILES string of the molecule is CCCCc1c(-c2sc(-c3c(OC)cccc3OC(C)C)cc2-c2ccc(OC)nc2)sc(-c2sc(-c3sc(-c4sc(-c5c(OC)cccc5OC(C)C)cc4-c4ccc(OC)nc4)c(CCCC)c3CCCC)c(CCCC)c2CCCC)c1CCCC. The van der Waals surface area contributed by atoms with Crippen LogP contribution in [0.1, 0.15) is 180 Å². The molecular formula is C76H94N2O6S5. The Hall–Kier alpha value is -5.96. The van der Waals surface area contributed by atoms with Crippen molar-refractivity contribution in [2.24, 2.45) is 0 Å². The normalized spacial score (nSPS) is 11.6. The van der Waals surface area contributed by atoms with Gasteiger partial charge in [0.1, 0.15) is 23.0 Å². The zero-order valence-electron chi connectivity index (χ0n) is 55.4. The predicted octanol–water partition coefficient (Wildman–Crippen LogP) is 23.8. The highest BCUT2D eigenvalue weighted by atomic mass is 32.1. The van der Waals surface area contributed by atoms with Crippen LogP contribution in [0.4, 0.5) is 0 Å². The number of nitrogens with zero attached hydrogens (tertiary/aromatic N) is 2. The molecule has 9 aromatic rings. The Morgan fingerprint density at radius 2 is 0.640 bits per heavy atom. The fourth-order valence-corrected chi connectivity index (χ4v) is 19.4. The molecule has 9 rings (SSSR count). The number of benzene rings is 2. The maximum Gasteiger partial charge on any atom is 0.212 e. The highest BCUT2D eigenvalue weighted by molar-refractivity contribution is 7.31. The van der Waals surface area contributed by atoms with Crippen LogP contribution in [0.15, 0.2) is 85.2 Å². The number of unbranched alkanes of at least 4 members (excludes halogenated alkanes) is 6. The van der Waals surface area contributed by atoms with Gasteiger partial charge in [0.05, 0.1) is 61.5 Å². The predicted molar refractivity (Wildman–Crippen MR) is 384 cm³/mol. The van der Waals surface area contributed by atoms with Crippen LogP contribution in [-0.2, 0) is 38.5 Å². The van der Waals surface area contributed by atoms with Gasteiger partial charge in [0.15, 0.2) is 0 Å². The van der Waals surface area contributed by atoms with Crippen LogP contribution in [0.25, 0.3) is 82.2 Å². The van der Waals surface area contributed by atoms with E-state index in [1.807, 2.05) is 59.3 Å². The van der Waals surface area contributed by atoms with Gasteiger partial charge in [0.25, 0.3) is 0 Å². The number of hydrogen-bond acceptors (Lipinski definition) is 13. The summed E-state index contributed by atoms with van der Waals surface area (Å²) < 4.78 is 36.9. The molecule has 2 aromatic carbocycles. The Labute approximate surface area is 552 Å². The largest absolute Gasteiger partial charge is 0.496 e. The quantitative estimate of drug-likeness (QED) is 0.0395. The van der Waals surface area contributed by atoms with Crippen LogP contribution in [0.3, 0.4) is 0 Å². The molecule has 0 spiro atoms. The Balaban J connectivity index is 1.36. The highest BCUT2D eigenvalue weighted by Gasteiger charge is 2.33. The van der Waals surface area contributed by atoms with Crippen LogP contribution < -0.4 is 28.4 Å². The average Bonchev–Trinajstić information content (AvgIpc) is 1.67. The Morgan fingerprint density at radius 1 is 0.348 bits per heavy atom. The van der Waals surface area contributed by atoms with Crippen LogP contribution >= 0.6 is 56.7 Å². The molecule has 0 bridgehead atoms. The summed E-state index contributed by atoms with van der Waals surface area (Å²) in [5, 5.41) is 0. The molecule has 474 valence electrons. The number of pyridine rings is 2. The molecule has 0 fully saturated rings. The Kier molecular flexibility index (Phi) is 24.5. The maximum absolute atomic E-state index is 6.61. The Morgan fingerprint density at radius 3 is 0.888 bits per heavy atom. The molecule has 13 heteroatoms.